The minimum Gasteiger partial charge on any atom is -0.497 e. The molecule has 1 fully saturated rings. The summed E-state index contributed by atoms with van der Waals surface area (Å²) in [5, 5.41) is 3.18. The van der Waals surface area contributed by atoms with E-state index in [0.29, 0.717) is 51.1 Å². The molecule has 0 unspecified atom stereocenters. The van der Waals surface area contributed by atoms with E-state index in [1.54, 1.807) is 14.2 Å². The van der Waals surface area contributed by atoms with Crippen LogP contribution in [0.1, 0.15) is 43.2 Å². The normalized spacial score (nSPS) is 20.2. The quantitative estimate of drug-likeness (QED) is 0.696. The number of carbonyl (C=O) groups is 2. The number of ether oxygens (including phenoxy) is 3. The highest BCUT2D eigenvalue weighted by Gasteiger charge is 2.38. The number of carbonyl (C=O) groups excluding carboxylic acids is 2. The van der Waals surface area contributed by atoms with Crippen molar-refractivity contribution >= 4 is 11.8 Å². The second kappa shape index (κ2) is 10.1. The monoisotopic (exact) mass is 452 g/mol. The van der Waals surface area contributed by atoms with Crippen LogP contribution in [0.25, 0.3) is 0 Å². The van der Waals surface area contributed by atoms with Gasteiger partial charge in [0, 0.05) is 37.0 Å². The summed E-state index contributed by atoms with van der Waals surface area (Å²) in [6.07, 6.45) is 3.64. The van der Waals surface area contributed by atoms with Gasteiger partial charge in [0.25, 0.3) is 0 Å². The first-order chi connectivity index (χ1) is 16.0. The third-order valence-corrected chi connectivity index (χ3v) is 6.54. The summed E-state index contributed by atoms with van der Waals surface area (Å²) >= 11 is 0. The molecule has 1 atom stereocenters. The van der Waals surface area contributed by atoms with Crippen LogP contribution in [-0.2, 0) is 22.6 Å². The summed E-state index contributed by atoms with van der Waals surface area (Å²) in [6.45, 7) is 1.67. The van der Waals surface area contributed by atoms with Gasteiger partial charge in [0.2, 0.25) is 11.8 Å². The molecule has 2 amide bonds. The van der Waals surface area contributed by atoms with E-state index < -0.39 is 5.54 Å². The van der Waals surface area contributed by atoms with Crippen LogP contribution >= 0.6 is 0 Å². The summed E-state index contributed by atoms with van der Waals surface area (Å²) < 4.78 is 16.7. The van der Waals surface area contributed by atoms with Crippen LogP contribution in [0, 0.1) is 0 Å². The SMILES string of the molecule is COc1cccc(C[C@]2(CCC(=O)N3CCCOc4c(cccc4OC)C3)CCC(=O)N2)c1. The van der Waals surface area contributed by atoms with Gasteiger partial charge in [-0.15, -0.1) is 0 Å². The number of nitrogens with one attached hydrogen (secondary N) is 1. The molecule has 2 aromatic rings. The highest BCUT2D eigenvalue weighted by Crippen LogP contribution is 2.34. The van der Waals surface area contributed by atoms with Crippen LogP contribution in [-0.4, -0.2) is 49.6 Å². The third kappa shape index (κ3) is 5.41. The lowest BCUT2D eigenvalue weighted by molar-refractivity contribution is -0.132. The molecule has 0 aromatic heterocycles. The number of amides is 2. The molecule has 0 bridgehead atoms. The molecule has 176 valence electrons. The van der Waals surface area contributed by atoms with Crippen LogP contribution in [0.2, 0.25) is 0 Å². The number of para-hydroxylation sites is 1. The number of benzene rings is 2. The van der Waals surface area contributed by atoms with E-state index in [4.69, 9.17) is 14.2 Å². The minimum atomic E-state index is -0.411. The zero-order valence-electron chi connectivity index (χ0n) is 19.4. The number of hydrogen-bond acceptors (Lipinski definition) is 5. The van der Waals surface area contributed by atoms with E-state index >= 15 is 0 Å². The Morgan fingerprint density at radius 3 is 2.79 bits per heavy atom. The number of hydrogen-bond donors (Lipinski definition) is 1. The van der Waals surface area contributed by atoms with Gasteiger partial charge in [0.05, 0.1) is 20.8 Å². The molecule has 2 aromatic carbocycles. The van der Waals surface area contributed by atoms with Gasteiger partial charge in [-0.3, -0.25) is 9.59 Å². The smallest absolute Gasteiger partial charge is 0.222 e. The average molecular weight is 453 g/mol. The topological polar surface area (TPSA) is 77.1 Å². The Labute approximate surface area is 195 Å². The molecule has 0 saturated carbocycles. The first kappa shape index (κ1) is 23.0. The largest absolute Gasteiger partial charge is 0.497 e. The van der Waals surface area contributed by atoms with E-state index in [9.17, 15) is 9.59 Å². The van der Waals surface area contributed by atoms with Crippen molar-refractivity contribution in [1.29, 1.82) is 0 Å². The van der Waals surface area contributed by atoms with Gasteiger partial charge in [-0.25, -0.2) is 0 Å². The Kier molecular flexibility index (Phi) is 7.06. The molecule has 7 nitrogen and oxygen atoms in total. The molecule has 4 rings (SSSR count). The Morgan fingerprint density at radius 1 is 1.18 bits per heavy atom. The van der Waals surface area contributed by atoms with Crippen molar-refractivity contribution in [2.24, 2.45) is 0 Å². The van der Waals surface area contributed by atoms with Gasteiger partial charge >= 0.3 is 0 Å². The highest BCUT2D eigenvalue weighted by atomic mass is 16.5. The van der Waals surface area contributed by atoms with Gasteiger partial charge in [0.1, 0.15) is 5.75 Å². The highest BCUT2D eigenvalue weighted by molar-refractivity contribution is 5.80. The van der Waals surface area contributed by atoms with Crippen LogP contribution < -0.4 is 19.5 Å². The van der Waals surface area contributed by atoms with Crippen LogP contribution in [0.4, 0.5) is 0 Å². The van der Waals surface area contributed by atoms with E-state index in [1.807, 2.05) is 47.4 Å². The first-order valence-corrected chi connectivity index (χ1v) is 11.5. The van der Waals surface area contributed by atoms with Crippen molar-refractivity contribution in [3.8, 4) is 17.2 Å². The predicted octanol–water partition coefficient (Wildman–Crippen LogP) is 3.49. The summed E-state index contributed by atoms with van der Waals surface area (Å²) in [6, 6.07) is 13.7. The maximum atomic E-state index is 13.3. The molecule has 2 aliphatic rings. The van der Waals surface area contributed by atoms with Gasteiger partial charge in [-0.2, -0.15) is 0 Å². The molecule has 2 aliphatic heterocycles. The fraction of sp³-hybridized carbons (Fsp3) is 0.462. The van der Waals surface area contributed by atoms with Crippen molar-refractivity contribution in [3.05, 3.63) is 53.6 Å². The van der Waals surface area contributed by atoms with Crippen LogP contribution in [0.5, 0.6) is 17.2 Å². The summed E-state index contributed by atoms with van der Waals surface area (Å²) in [5.74, 6) is 2.34. The zero-order chi connectivity index (χ0) is 23.3. The molecule has 0 aliphatic carbocycles. The fourth-order valence-electron chi connectivity index (χ4n) is 4.80. The van der Waals surface area contributed by atoms with Gasteiger partial charge in [-0.1, -0.05) is 24.3 Å². The molecular weight excluding hydrogens is 420 g/mol. The molecular formula is C26H32N2O5. The molecule has 33 heavy (non-hydrogen) atoms. The summed E-state index contributed by atoms with van der Waals surface area (Å²) in [7, 11) is 3.27. The minimum absolute atomic E-state index is 0.0507. The fourth-order valence-corrected chi connectivity index (χ4v) is 4.80. The van der Waals surface area contributed by atoms with Gasteiger partial charge in [0.15, 0.2) is 11.5 Å². The van der Waals surface area contributed by atoms with Crippen molar-refractivity contribution in [1.82, 2.24) is 10.2 Å². The first-order valence-electron chi connectivity index (χ1n) is 11.5. The van der Waals surface area contributed by atoms with Crippen LogP contribution in [0.3, 0.4) is 0 Å². The van der Waals surface area contributed by atoms with Gasteiger partial charge < -0.3 is 24.4 Å². The molecule has 1 saturated heterocycles. The van der Waals surface area contributed by atoms with Crippen molar-refractivity contribution in [3.63, 3.8) is 0 Å². The average Bonchev–Trinajstić information content (AvgIpc) is 3.18. The summed E-state index contributed by atoms with van der Waals surface area (Å²) in [5.41, 5.74) is 1.63. The molecule has 1 N–H and O–H groups in total. The van der Waals surface area contributed by atoms with Crippen molar-refractivity contribution < 1.29 is 23.8 Å². The summed E-state index contributed by atoms with van der Waals surface area (Å²) in [4.78, 5) is 27.3. The maximum Gasteiger partial charge on any atom is 0.222 e. The predicted molar refractivity (Wildman–Crippen MR) is 125 cm³/mol. The van der Waals surface area contributed by atoms with E-state index in [1.165, 1.54) is 0 Å². The standard InChI is InChI=1S/C26H32N2O5/c1-31-21-8-3-6-19(16-21)17-26(12-10-23(29)27-26)13-11-24(30)28-14-5-15-33-25-20(18-28)7-4-9-22(25)32-2/h3-4,6-9,16H,5,10-15,17-18H2,1-2H3,(H,27,29)/t26-/m1/s1. The second-order valence-corrected chi connectivity index (χ2v) is 8.82. The van der Waals surface area contributed by atoms with Crippen molar-refractivity contribution in [2.75, 3.05) is 27.4 Å². The molecule has 0 spiro atoms. The van der Waals surface area contributed by atoms with Gasteiger partial charge in [-0.05, 0) is 49.4 Å². The molecule has 2 heterocycles. The number of rotatable bonds is 7. The molecule has 0 radical (unpaired) electrons. The number of nitrogens with zero attached hydrogens (tertiary/aromatic N) is 1. The lowest BCUT2D eigenvalue weighted by atomic mass is 9.84. The van der Waals surface area contributed by atoms with E-state index in [0.717, 1.165) is 35.5 Å². The van der Waals surface area contributed by atoms with E-state index in [2.05, 4.69) is 5.32 Å². The Morgan fingerprint density at radius 2 is 2.03 bits per heavy atom. The lowest BCUT2D eigenvalue weighted by Crippen LogP contribution is -2.45. The number of fused-ring (bicyclic) bond motifs is 1. The van der Waals surface area contributed by atoms with Crippen molar-refractivity contribution in [2.45, 2.75) is 50.6 Å². The second-order valence-electron chi connectivity index (χ2n) is 8.82. The van der Waals surface area contributed by atoms with E-state index in [-0.39, 0.29) is 11.8 Å². The molecule has 7 heteroatoms. The Balaban J connectivity index is 1.46. The lowest BCUT2D eigenvalue weighted by Gasteiger charge is -2.32. The Bertz CT molecular complexity index is 1010. The number of methoxy groups -OCH3 is 2. The van der Waals surface area contributed by atoms with Crippen LogP contribution in [0.15, 0.2) is 42.5 Å². The maximum absolute atomic E-state index is 13.3. The third-order valence-electron chi connectivity index (χ3n) is 6.54. The Hall–Kier alpha value is -3.22. The zero-order valence-corrected chi connectivity index (χ0v) is 19.4.